The maximum absolute atomic E-state index is 12.0. The number of fused-ring (bicyclic) bond motifs is 1. The summed E-state index contributed by atoms with van der Waals surface area (Å²) in [6.07, 6.45) is 0. The molecule has 1 N–H and O–H groups in total. The van der Waals surface area contributed by atoms with E-state index >= 15 is 0 Å². The van der Waals surface area contributed by atoms with Gasteiger partial charge in [0.25, 0.3) is 5.91 Å². The molecule has 24 heavy (non-hydrogen) atoms. The first-order valence-electron chi connectivity index (χ1n) is 7.83. The van der Waals surface area contributed by atoms with Crippen molar-refractivity contribution >= 4 is 34.0 Å². The zero-order chi connectivity index (χ0) is 17.3. The Labute approximate surface area is 144 Å². The summed E-state index contributed by atoms with van der Waals surface area (Å²) in [6, 6.07) is 5.66. The molecule has 0 saturated heterocycles. The monoisotopic (exact) mass is 345 g/mol. The number of nitrogens with one attached hydrogen (secondary N) is 1. The fourth-order valence-electron chi connectivity index (χ4n) is 2.42. The molecule has 126 valence electrons. The lowest BCUT2D eigenvalue weighted by Gasteiger charge is -2.28. The number of ether oxygens (including phenoxy) is 1. The molecule has 0 radical (unpaired) electrons. The second kappa shape index (κ2) is 6.60. The largest absolute Gasteiger partial charge is 0.482 e. The number of aromatic nitrogens is 1. The molecule has 1 aliphatic rings. The van der Waals surface area contributed by atoms with Gasteiger partial charge in [0.1, 0.15) is 5.75 Å². The number of carbonyl (C=O) groups is 2. The normalized spacial score (nSPS) is 13.7. The number of amides is 2. The number of thiazole rings is 1. The summed E-state index contributed by atoms with van der Waals surface area (Å²) in [7, 11) is 0. The van der Waals surface area contributed by atoms with Gasteiger partial charge in [-0.25, -0.2) is 4.98 Å². The predicted octanol–water partition coefficient (Wildman–Crippen LogP) is 3.15. The van der Waals surface area contributed by atoms with E-state index in [1.165, 1.54) is 11.3 Å². The van der Waals surface area contributed by atoms with Gasteiger partial charge in [-0.05, 0) is 25.1 Å². The minimum atomic E-state index is -0.0950. The molecule has 0 bridgehead atoms. The predicted molar refractivity (Wildman–Crippen MR) is 94.5 cm³/mol. The lowest BCUT2D eigenvalue weighted by molar-refractivity contribution is -0.121. The molecule has 0 aliphatic carbocycles. The van der Waals surface area contributed by atoms with E-state index in [9.17, 15) is 9.59 Å². The summed E-state index contributed by atoms with van der Waals surface area (Å²) in [5.41, 5.74) is 2.40. The quantitative estimate of drug-likeness (QED) is 0.924. The smallest absolute Gasteiger partial charge is 0.265 e. The maximum Gasteiger partial charge on any atom is 0.265 e. The fraction of sp³-hybridized carbons (Fsp3) is 0.353. The number of rotatable bonds is 4. The van der Waals surface area contributed by atoms with Gasteiger partial charge in [-0.15, -0.1) is 11.3 Å². The third kappa shape index (κ3) is 3.12. The van der Waals surface area contributed by atoms with E-state index in [4.69, 9.17) is 4.74 Å². The Morgan fingerprint density at radius 3 is 2.96 bits per heavy atom. The topological polar surface area (TPSA) is 71.5 Å². The Bertz CT molecular complexity index is 785. The summed E-state index contributed by atoms with van der Waals surface area (Å²) >= 11 is 1.38. The lowest BCUT2D eigenvalue weighted by atomic mass is 10.1. The van der Waals surface area contributed by atoms with Gasteiger partial charge in [0.2, 0.25) is 5.91 Å². The highest BCUT2D eigenvalue weighted by molar-refractivity contribution is 7.14. The molecule has 0 spiro atoms. The summed E-state index contributed by atoms with van der Waals surface area (Å²) in [6.45, 7) is 6.27. The lowest BCUT2D eigenvalue weighted by Crippen LogP contribution is -2.38. The minimum absolute atomic E-state index is 0.0506. The average Bonchev–Trinajstić information content (AvgIpc) is 3.02. The van der Waals surface area contributed by atoms with Gasteiger partial charge in [-0.1, -0.05) is 13.8 Å². The van der Waals surface area contributed by atoms with E-state index in [-0.39, 0.29) is 24.3 Å². The van der Waals surface area contributed by atoms with Crippen molar-refractivity contribution in [2.75, 3.05) is 23.4 Å². The van der Waals surface area contributed by atoms with Crippen molar-refractivity contribution in [2.24, 2.45) is 5.92 Å². The van der Waals surface area contributed by atoms with Gasteiger partial charge >= 0.3 is 0 Å². The molecule has 1 aliphatic heterocycles. The van der Waals surface area contributed by atoms with Crippen LogP contribution in [0.1, 0.15) is 20.8 Å². The van der Waals surface area contributed by atoms with E-state index in [1.807, 2.05) is 44.4 Å². The first-order chi connectivity index (χ1) is 11.5. The molecule has 7 heteroatoms. The second-order valence-corrected chi connectivity index (χ2v) is 6.65. The SMILES string of the molecule is CCN1C(=O)COc2ccc(-c3csc(NC(=O)C(C)C)n3)cc21. The third-order valence-electron chi connectivity index (χ3n) is 3.77. The van der Waals surface area contributed by atoms with Crippen LogP contribution in [0.5, 0.6) is 5.75 Å². The second-order valence-electron chi connectivity index (χ2n) is 5.79. The number of likely N-dealkylation sites (N-methyl/N-ethyl adjacent to an activating group) is 1. The number of benzene rings is 1. The van der Waals surface area contributed by atoms with Crippen LogP contribution in [0.4, 0.5) is 10.8 Å². The van der Waals surface area contributed by atoms with Crippen LogP contribution in [0.15, 0.2) is 23.6 Å². The highest BCUT2D eigenvalue weighted by atomic mass is 32.1. The van der Waals surface area contributed by atoms with Crippen LogP contribution in [0.2, 0.25) is 0 Å². The Morgan fingerprint density at radius 1 is 1.46 bits per heavy atom. The molecule has 3 rings (SSSR count). The van der Waals surface area contributed by atoms with E-state index in [2.05, 4.69) is 10.3 Å². The number of anilines is 2. The number of nitrogens with zero attached hydrogens (tertiary/aromatic N) is 2. The highest BCUT2D eigenvalue weighted by Crippen LogP contribution is 2.36. The number of hydrogen-bond acceptors (Lipinski definition) is 5. The zero-order valence-corrected chi connectivity index (χ0v) is 14.6. The molecule has 2 aromatic rings. The van der Waals surface area contributed by atoms with Gasteiger partial charge in [0, 0.05) is 23.4 Å². The Kier molecular flexibility index (Phi) is 4.53. The standard InChI is InChI=1S/C17H19N3O3S/c1-4-20-13-7-11(5-6-14(13)23-8-15(20)21)12-9-24-17(18-12)19-16(22)10(2)3/h5-7,9-10H,4,8H2,1-3H3,(H,18,19,22). The Hall–Kier alpha value is -2.41. The molecule has 2 amide bonds. The molecule has 2 heterocycles. The highest BCUT2D eigenvalue weighted by Gasteiger charge is 2.24. The number of carbonyl (C=O) groups excluding carboxylic acids is 2. The fourth-order valence-corrected chi connectivity index (χ4v) is 3.14. The van der Waals surface area contributed by atoms with Gasteiger partial charge in [-0.2, -0.15) is 0 Å². The van der Waals surface area contributed by atoms with Crippen molar-refractivity contribution in [3.63, 3.8) is 0 Å². The summed E-state index contributed by atoms with van der Waals surface area (Å²) < 4.78 is 5.48. The molecule has 0 atom stereocenters. The van der Waals surface area contributed by atoms with Crippen LogP contribution < -0.4 is 15.0 Å². The minimum Gasteiger partial charge on any atom is -0.482 e. The van der Waals surface area contributed by atoms with Crippen LogP contribution >= 0.6 is 11.3 Å². The summed E-state index contributed by atoms with van der Waals surface area (Å²) in [4.78, 5) is 29.9. The van der Waals surface area contributed by atoms with Gasteiger partial charge in [0.15, 0.2) is 11.7 Å². The van der Waals surface area contributed by atoms with E-state index in [0.29, 0.717) is 17.4 Å². The van der Waals surface area contributed by atoms with Gasteiger partial charge in [-0.3, -0.25) is 9.59 Å². The molecular formula is C17H19N3O3S. The van der Waals surface area contributed by atoms with E-state index in [1.54, 1.807) is 4.90 Å². The molecule has 1 aromatic carbocycles. The molecular weight excluding hydrogens is 326 g/mol. The van der Waals surface area contributed by atoms with Crippen molar-refractivity contribution in [3.05, 3.63) is 23.6 Å². The van der Waals surface area contributed by atoms with Crippen LogP contribution in [0.25, 0.3) is 11.3 Å². The summed E-state index contributed by atoms with van der Waals surface area (Å²) in [5.74, 6) is 0.494. The molecule has 1 aromatic heterocycles. The zero-order valence-electron chi connectivity index (χ0n) is 13.8. The molecule has 0 fully saturated rings. The van der Waals surface area contributed by atoms with Crippen LogP contribution in [-0.4, -0.2) is 29.9 Å². The van der Waals surface area contributed by atoms with Gasteiger partial charge in [0.05, 0.1) is 11.4 Å². The van der Waals surface area contributed by atoms with Crippen molar-refractivity contribution in [3.8, 4) is 17.0 Å². The van der Waals surface area contributed by atoms with Crippen molar-refractivity contribution in [2.45, 2.75) is 20.8 Å². The van der Waals surface area contributed by atoms with Crippen LogP contribution in [0, 0.1) is 5.92 Å². The first kappa shape index (κ1) is 16.4. The average molecular weight is 345 g/mol. The van der Waals surface area contributed by atoms with Crippen molar-refractivity contribution < 1.29 is 14.3 Å². The van der Waals surface area contributed by atoms with Crippen LogP contribution in [0.3, 0.4) is 0 Å². The van der Waals surface area contributed by atoms with Gasteiger partial charge < -0.3 is 15.0 Å². The molecule has 0 saturated carbocycles. The van der Waals surface area contributed by atoms with E-state index in [0.717, 1.165) is 16.9 Å². The van der Waals surface area contributed by atoms with E-state index < -0.39 is 0 Å². The Morgan fingerprint density at radius 2 is 2.25 bits per heavy atom. The first-order valence-corrected chi connectivity index (χ1v) is 8.71. The van der Waals surface area contributed by atoms with Crippen molar-refractivity contribution in [1.29, 1.82) is 0 Å². The Balaban J connectivity index is 1.88. The summed E-state index contributed by atoms with van der Waals surface area (Å²) in [5, 5.41) is 5.26. The molecule has 0 unspecified atom stereocenters. The third-order valence-corrected chi connectivity index (χ3v) is 4.53. The van der Waals surface area contributed by atoms with Crippen LogP contribution in [-0.2, 0) is 9.59 Å². The maximum atomic E-state index is 12.0. The number of hydrogen-bond donors (Lipinski definition) is 1. The van der Waals surface area contributed by atoms with Crippen molar-refractivity contribution in [1.82, 2.24) is 4.98 Å². The molecule has 6 nitrogen and oxygen atoms in total.